The molecule has 6 heteroatoms. The van der Waals surface area contributed by atoms with Crippen LogP contribution in [0.15, 0.2) is 0 Å². The predicted octanol–water partition coefficient (Wildman–Crippen LogP) is -0.699. The van der Waals surface area contributed by atoms with Crippen molar-refractivity contribution < 1.29 is 8.42 Å². The maximum absolute atomic E-state index is 10.8. The molecule has 0 amide bonds. The van der Waals surface area contributed by atoms with Gasteiger partial charge in [0.05, 0.1) is 6.17 Å². The van der Waals surface area contributed by atoms with E-state index in [0.717, 1.165) is 0 Å². The Bertz CT molecular complexity index is 241. The van der Waals surface area contributed by atoms with Crippen molar-refractivity contribution in [2.45, 2.75) is 26.9 Å². The van der Waals surface area contributed by atoms with Crippen LogP contribution in [0.2, 0.25) is 0 Å². The molecule has 0 saturated carbocycles. The van der Waals surface area contributed by atoms with Gasteiger partial charge in [-0.1, -0.05) is 20.8 Å². The fourth-order valence-corrected chi connectivity index (χ4v) is 1.80. The van der Waals surface area contributed by atoms with Crippen molar-refractivity contribution in [2.24, 2.45) is 5.41 Å². The molecule has 1 saturated heterocycles. The van der Waals surface area contributed by atoms with Crippen LogP contribution in [0.25, 0.3) is 0 Å². The lowest BCUT2D eigenvalue weighted by Gasteiger charge is -2.24. The van der Waals surface area contributed by atoms with Crippen LogP contribution in [0.4, 0.5) is 0 Å². The first-order chi connectivity index (χ1) is 4.81. The molecule has 0 aromatic rings. The Kier molecular flexibility index (Phi) is 1.96. The summed E-state index contributed by atoms with van der Waals surface area (Å²) >= 11 is 0. The van der Waals surface area contributed by atoms with Crippen LogP contribution in [0.1, 0.15) is 20.8 Å². The van der Waals surface area contributed by atoms with Crippen LogP contribution < -0.4 is 15.0 Å². The minimum Gasteiger partial charge on any atom is -0.224 e. The first-order valence-corrected chi connectivity index (χ1v) is 4.84. The van der Waals surface area contributed by atoms with Gasteiger partial charge in [-0.25, -0.2) is 5.43 Å². The zero-order chi connectivity index (χ0) is 8.70. The third kappa shape index (κ3) is 2.13. The molecule has 0 radical (unpaired) electrons. The van der Waals surface area contributed by atoms with Gasteiger partial charge in [0.1, 0.15) is 0 Å². The number of hydrogen-bond acceptors (Lipinski definition) is 3. The Balaban J connectivity index is 2.70. The molecular formula is C5H13N3O2S. The SMILES string of the molecule is CC(C)(C)C1NNS(=O)(=O)N1. The van der Waals surface area contributed by atoms with Crippen LogP contribution in [0, 0.1) is 5.41 Å². The monoisotopic (exact) mass is 179 g/mol. The van der Waals surface area contributed by atoms with Crippen molar-refractivity contribution >= 4 is 10.2 Å². The fraction of sp³-hybridized carbons (Fsp3) is 1.00. The van der Waals surface area contributed by atoms with Crippen LogP contribution in [0.5, 0.6) is 0 Å². The molecule has 5 nitrogen and oxygen atoms in total. The second kappa shape index (κ2) is 2.41. The molecule has 0 aromatic carbocycles. The Morgan fingerprint density at radius 3 is 2.00 bits per heavy atom. The quantitative estimate of drug-likeness (QED) is 0.460. The Morgan fingerprint density at radius 1 is 1.27 bits per heavy atom. The lowest BCUT2D eigenvalue weighted by atomic mass is 9.93. The van der Waals surface area contributed by atoms with Gasteiger partial charge in [0.25, 0.3) is 10.2 Å². The Hall–Kier alpha value is -0.170. The highest BCUT2D eigenvalue weighted by Gasteiger charge is 2.34. The number of nitrogens with one attached hydrogen (secondary N) is 3. The zero-order valence-electron chi connectivity index (χ0n) is 6.80. The van der Waals surface area contributed by atoms with Crippen LogP contribution in [0.3, 0.4) is 0 Å². The van der Waals surface area contributed by atoms with Gasteiger partial charge in [-0.05, 0) is 5.41 Å². The van der Waals surface area contributed by atoms with Crippen LogP contribution in [-0.2, 0) is 10.2 Å². The summed E-state index contributed by atoms with van der Waals surface area (Å²) in [5.74, 6) is 0. The van der Waals surface area contributed by atoms with Gasteiger partial charge < -0.3 is 0 Å². The van der Waals surface area contributed by atoms with Gasteiger partial charge >= 0.3 is 0 Å². The van der Waals surface area contributed by atoms with E-state index in [2.05, 4.69) is 15.0 Å². The van der Waals surface area contributed by atoms with Crippen molar-refractivity contribution in [3.05, 3.63) is 0 Å². The summed E-state index contributed by atoms with van der Waals surface area (Å²) in [6.07, 6.45) is -0.243. The maximum atomic E-state index is 10.8. The molecular weight excluding hydrogens is 166 g/mol. The molecule has 1 rings (SSSR count). The topological polar surface area (TPSA) is 70.2 Å². The molecule has 11 heavy (non-hydrogen) atoms. The highest BCUT2D eigenvalue weighted by Crippen LogP contribution is 2.18. The van der Waals surface area contributed by atoms with E-state index in [1.165, 1.54) is 0 Å². The third-order valence-corrected chi connectivity index (χ3v) is 2.41. The summed E-state index contributed by atoms with van der Waals surface area (Å²) in [5.41, 5.74) is 2.51. The Labute approximate surface area is 66.7 Å². The number of hydrogen-bond donors (Lipinski definition) is 3. The molecule has 66 valence electrons. The number of rotatable bonds is 0. The van der Waals surface area contributed by atoms with Gasteiger partial charge in [-0.15, -0.1) is 4.83 Å². The van der Waals surface area contributed by atoms with Crippen molar-refractivity contribution in [1.82, 2.24) is 15.0 Å². The molecule has 1 heterocycles. The third-order valence-electron chi connectivity index (χ3n) is 1.48. The van der Waals surface area contributed by atoms with E-state index in [4.69, 9.17) is 0 Å². The summed E-state index contributed by atoms with van der Waals surface area (Å²) in [4.78, 5) is 2.16. The maximum Gasteiger partial charge on any atom is 0.291 e. The molecule has 1 fully saturated rings. The molecule has 1 aliphatic rings. The van der Waals surface area contributed by atoms with Crippen LogP contribution in [-0.4, -0.2) is 14.6 Å². The fourth-order valence-electron chi connectivity index (χ4n) is 0.744. The number of hydrazine groups is 1. The van der Waals surface area contributed by atoms with Crippen molar-refractivity contribution in [3.63, 3.8) is 0 Å². The average Bonchev–Trinajstić information content (AvgIpc) is 2.07. The standard InChI is InChI=1S/C5H13N3O2S/c1-5(2,3)4-6-8-11(9,10)7-4/h4,6-8H,1-3H3. The molecule has 0 spiro atoms. The van der Waals surface area contributed by atoms with E-state index in [1.807, 2.05) is 20.8 Å². The first-order valence-electron chi connectivity index (χ1n) is 3.36. The van der Waals surface area contributed by atoms with Gasteiger partial charge in [-0.2, -0.15) is 13.1 Å². The normalized spacial score (nSPS) is 30.6. The van der Waals surface area contributed by atoms with E-state index >= 15 is 0 Å². The summed E-state index contributed by atoms with van der Waals surface area (Å²) in [5, 5.41) is 0. The first kappa shape index (κ1) is 8.92. The van der Waals surface area contributed by atoms with Gasteiger partial charge in [-0.3, -0.25) is 0 Å². The van der Waals surface area contributed by atoms with Gasteiger partial charge in [0, 0.05) is 0 Å². The highest BCUT2D eigenvalue weighted by molar-refractivity contribution is 7.87. The summed E-state index contributed by atoms with van der Waals surface area (Å²) < 4.78 is 24.0. The molecule has 0 bridgehead atoms. The van der Waals surface area contributed by atoms with Crippen molar-refractivity contribution in [3.8, 4) is 0 Å². The second-order valence-electron chi connectivity index (χ2n) is 3.67. The van der Waals surface area contributed by atoms with Gasteiger partial charge in [0.2, 0.25) is 0 Å². The van der Waals surface area contributed by atoms with Crippen LogP contribution >= 0.6 is 0 Å². The molecule has 0 aliphatic carbocycles. The van der Waals surface area contributed by atoms with E-state index in [1.54, 1.807) is 0 Å². The molecule has 0 aromatic heterocycles. The summed E-state index contributed by atoms with van der Waals surface area (Å²) in [6, 6.07) is 0. The van der Waals surface area contributed by atoms with Crippen molar-refractivity contribution in [2.75, 3.05) is 0 Å². The lowest BCUT2D eigenvalue weighted by Crippen LogP contribution is -2.44. The zero-order valence-corrected chi connectivity index (χ0v) is 7.62. The molecule has 3 N–H and O–H groups in total. The summed E-state index contributed by atoms with van der Waals surface area (Å²) in [6.45, 7) is 5.83. The van der Waals surface area contributed by atoms with E-state index < -0.39 is 10.2 Å². The molecule has 1 unspecified atom stereocenters. The van der Waals surface area contributed by atoms with Gasteiger partial charge in [0.15, 0.2) is 0 Å². The predicted molar refractivity (Wildman–Crippen MR) is 41.6 cm³/mol. The largest absolute Gasteiger partial charge is 0.291 e. The molecule has 1 aliphatic heterocycles. The lowest BCUT2D eigenvalue weighted by molar-refractivity contribution is 0.268. The highest BCUT2D eigenvalue weighted by atomic mass is 32.2. The smallest absolute Gasteiger partial charge is 0.224 e. The van der Waals surface area contributed by atoms with E-state index in [0.29, 0.717) is 0 Å². The van der Waals surface area contributed by atoms with Crippen molar-refractivity contribution in [1.29, 1.82) is 0 Å². The second-order valence-corrected chi connectivity index (χ2v) is 5.11. The van der Waals surface area contributed by atoms with E-state index in [9.17, 15) is 8.42 Å². The minimum absolute atomic E-state index is 0.128. The average molecular weight is 179 g/mol. The minimum atomic E-state index is -3.29. The van der Waals surface area contributed by atoms with E-state index in [-0.39, 0.29) is 11.6 Å². The molecule has 1 atom stereocenters. The summed E-state index contributed by atoms with van der Waals surface area (Å²) in [7, 11) is -3.29. The Morgan fingerprint density at radius 2 is 1.82 bits per heavy atom.